The largest absolute Gasteiger partial charge is 0.432 e. The smallest absolute Gasteiger partial charge is 0.313 e. The van der Waals surface area contributed by atoms with E-state index in [1.54, 1.807) is 31.3 Å². The van der Waals surface area contributed by atoms with Gasteiger partial charge in [-0.1, -0.05) is 6.07 Å². The van der Waals surface area contributed by atoms with Gasteiger partial charge in [-0.2, -0.15) is 9.97 Å². The van der Waals surface area contributed by atoms with Crippen LogP contribution < -0.4 is 5.32 Å². The average Bonchev–Trinajstić information content (AvgIpc) is 3.05. The molecule has 128 valence electrons. The van der Waals surface area contributed by atoms with Crippen LogP contribution in [0.4, 0.5) is 10.3 Å². The second kappa shape index (κ2) is 6.28. The Kier molecular flexibility index (Phi) is 3.81. The molecule has 0 aliphatic heterocycles. The SMILES string of the molecule is Cc1nc(NC(=O)c2nc3cc(F)ccc3o2)nc(-c2ccccn2)n1. The van der Waals surface area contributed by atoms with Gasteiger partial charge in [0.2, 0.25) is 5.95 Å². The van der Waals surface area contributed by atoms with E-state index in [1.165, 1.54) is 18.2 Å². The van der Waals surface area contributed by atoms with E-state index in [-0.39, 0.29) is 17.4 Å². The molecule has 1 aromatic carbocycles. The normalized spacial score (nSPS) is 10.8. The zero-order chi connectivity index (χ0) is 18.1. The molecule has 0 fully saturated rings. The lowest BCUT2D eigenvalue weighted by Gasteiger charge is -2.04. The molecule has 0 bridgehead atoms. The second-order valence-corrected chi connectivity index (χ2v) is 5.33. The number of nitrogens with one attached hydrogen (secondary N) is 1. The molecule has 0 spiro atoms. The lowest BCUT2D eigenvalue weighted by atomic mass is 10.3. The first-order valence-electron chi connectivity index (χ1n) is 7.60. The Morgan fingerprint density at radius 2 is 2.00 bits per heavy atom. The highest BCUT2D eigenvalue weighted by atomic mass is 19.1. The molecular formula is C17H11FN6O2. The van der Waals surface area contributed by atoms with Crippen molar-refractivity contribution in [2.24, 2.45) is 0 Å². The number of aryl methyl sites for hydroxylation is 1. The fourth-order valence-electron chi connectivity index (χ4n) is 2.30. The molecule has 0 aliphatic carbocycles. The van der Waals surface area contributed by atoms with E-state index in [4.69, 9.17) is 4.42 Å². The van der Waals surface area contributed by atoms with Crippen LogP contribution in [0.15, 0.2) is 47.0 Å². The highest BCUT2D eigenvalue weighted by Gasteiger charge is 2.17. The van der Waals surface area contributed by atoms with E-state index in [1.807, 2.05) is 0 Å². The number of carbonyl (C=O) groups excluding carboxylic acids is 1. The highest BCUT2D eigenvalue weighted by molar-refractivity contribution is 6.01. The van der Waals surface area contributed by atoms with Crippen LogP contribution in [-0.4, -0.2) is 30.8 Å². The Labute approximate surface area is 146 Å². The zero-order valence-electron chi connectivity index (χ0n) is 13.5. The van der Waals surface area contributed by atoms with Crippen LogP contribution in [0.2, 0.25) is 0 Å². The Hall–Kier alpha value is -3.75. The maximum atomic E-state index is 13.2. The summed E-state index contributed by atoms with van der Waals surface area (Å²) in [6, 6.07) is 9.13. The molecule has 1 amide bonds. The minimum absolute atomic E-state index is 0.0385. The molecule has 0 radical (unpaired) electrons. The zero-order valence-corrected chi connectivity index (χ0v) is 13.5. The third-order valence-corrected chi connectivity index (χ3v) is 3.41. The fourth-order valence-corrected chi connectivity index (χ4v) is 2.30. The Morgan fingerprint density at radius 3 is 2.81 bits per heavy atom. The van der Waals surface area contributed by atoms with Crippen molar-refractivity contribution in [1.82, 2.24) is 24.9 Å². The third kappa shape index (κ3) is 3.09. The van der Waals surface area contributed by atoms with Crippen molar-refractivity contribution >= 4 is 23.0 Å². The summed E-state index contributed by atoms with van der Waals surface area (Å²) in [4.78, 5) is 33.0. The van der Waals surface area contributed by atoms with E-state index in [0.717, 1.165) is 0 Å². The summed E-state index contributed by atoms with van der Waals surface area (Å²) in [6.07, 6.45) is 1.62. The van der Waals surface area contributed by atoms with Gasteiger partial charge in [0.25, 0.3) is 5.89 Å². The van der Waals surface area contributed by atoms with Crippen molar-refractivity contribution in [2.45, 2.75) is 6.92 Å². The molecule has 0 unspecified atom stereocenters. The van der Waals surface area contributed by atoms with Crippen molar-refractivity contribution in [3.8, 4) is 11.5 Å². The summed E-state index contributed by atoms with van der Waals surface area (Å²) in [6.45, 7) is 1.67. The predicted molar refractivity (Wildman–Crippen MR) is 89.7 cm³/mol. The summed E-state index contributed by atoms with van der Waals surface area (Å²) in [5.41, 5.74) is 1.10. The van der Waals surface area contributed by atoms with Gasteiger partial charge >= 0.3 is 5.91 Å². The number of rotatable bonds is 3. The van der Waals surface area contributed by atoms with Crippen molar-refractivity contribution < 1.29 is 13.6 Å². The number of pyridine rings is 1. The van der Waals surface area contributed by atoms with E-state index in [0.29, 0.717) is 22.9 Å². The van der Waals surface area contributed by atoms with Crippen molar-refractivity contribution in [2.75, 3.05) is 5.32 Å². The molecule has 3 heterocycles. The van der Waals surface area contributed by atoms with Gasteiger partial charge in [-0.3, -0.25) is 15.1 Å². The monoisotopic (exact) mass is 350 g/mol. The first kappa shape index (κ1) is 15.8. The number of aromatic nitrogens is 5. The molecule has 0 aliphatic rings. The van der Waals surface area contributed by atoms with Gasteiger partial charge in [0.1, 0.15) is 22.9 Å². The second-order valence-electron chi connectivity index (χ2n) is 5.33. The standard InChI is InChI=1S/C17H11FN6O2/c1-9-20-14(11-4-2-3-7-19-11)23-17(21-9)24-15(25)16-22-12-8-10(18)5-6-13(12)26-16/h2-8H,1H3,(H,20,21,23,24,25). The number of fused-ring (bicyclic) bond motifs is 1. The lowest BCUT2D eigenvalue weighted by molar-refractivity contribution is 0.0991. The van der Waals surface area contributed by atoms with Crippen LogP contribution in [-0.2, 0) is 0 Å². The molecule has 0 saturated carbocycles. The van der Waals surface area contributed by atoms with Crippen molar-refractivity contribution in [3.05, 3.63) is 60.1 Å². The average molecular weight is 350 g/mol. The molecular weight excluding hydrogens is 339 g/mol. The van der Waals surface area contributed by atoms with Crippen molar-refractivity contribution in [3.63, 3.8) is 0 Å². The van der Waals surface area contributed by atoms with E-state index < -0.39 is 11.7 Å². The van der Waals surface area contributed by atoms with Crippen LogP contribution in [0.25, 0.3) is 22.6 Å². The number of anilines is 1. The third-order valence-electron chi connectivity index (χ3n) is 3.41. The minimum Gasteiger partial charge on any atom is -0.432 e. The van der Waals surface area contributed by atoms with Crippen LogP contribution in [0.3, 0.4) is 0 Å². The number of amides is 1. The first-order chi connectivity index (χ1) is 12.6. The lowest BCUT2D eigenvalue weighted by Crippen LogP contribution is -2.16. The Bertz CT molecular complexity index is 1110. The molecule has 0 saturated heterocycles. The van der Waals surface area contributed by atoms with Crippen LogP contribution in [0.5, 0.6) is 0 Å². The fraction of sp³-hybridized carbons (Fsp3) is 0.0588. The number of nitrogens with zero attached hydrogens (tertiary/aromatic N) is 5. The molecule has 3 aromatic heterocycles. The van der Waals surface area contributed by atoms with Gasteiger partial charge in [0.05, 0.1) is 0 Å². The summed E-state index contributed by atoms with van der Waals surface area (Å²) in [5, 5.41) is 2.51. The van der Waals surface area contributed by atoms with E-state index >= 15 is 0 Å². The molecule has 9 heteroatoms. The van der Waals surface area contributed by atoms with Gasteiger partial charge in [-0.15, -0.1) is 0 Å². The maximum absolute atomic E-state index is 13.2. The summed E-state index contributed by atoms with van der Waals surface area (Å²) >= 11 is 0. The Balaban J connectivity index is 1.63. The molecule has 8 nitrogen and oxygen atoms in total. The number of halogens is 1. The number of benzene rings is 1. The van der Waals surface area contributed by atoms with Gasteiger partial charge in [-0.25, -0.2) is 14.4 Å². The summed E-state index contributed by atoms with van der Waals surface area (Å²) in [5.74, 6) is -0.562. The quantitative estimate of drug-likeness (QED) is 0.605. The molecule has 0 atom stereocenters. The number of oxazole rings is 1. The van der Waals surface area contributed by atoms with Crippen LogP contribution in [0.1, 0.15) is 16.5 Å². The number of hydrogen-bond acceptors (Lipinski definition) is 7. The predicted octanol–water partition coefficient (Wildman–Crippen LogP) is 2.77. The number of hydrogen-bond donors (Lipinski definition) is 1. The topological polar surface area (TPSA) is 107 Å². The molecule has 4 rings (SSSR count). The Morgan fingerprint density at radius 1 is 1.12 bits per heavy atom. The molecule has 1 N–H and O–H groups in total. The maximum Gasteiger partial charge on any atom is 0.313 e. The summed E-state index contributed by atoms with van der Waals surface area (Å²) in [7, 11) is 0. The number of carbonyl (C=O) groups is 1. The van der Waals surface area contributed by atoms with Gasteiger partial charge < -0.3 is 4.42 Å². The van der Waals surface area contributed by atoms with Crippen LogP contribution >= 0.6 is 0 Å². The first-order valence-corrected chi connectivity index (χ1v) is 7.60. The minimum atomic E-state index is -0.654. The van der Waals surface area contributed by atoms with E-state index in [9.17, 15) is 9.18 Å². The van der Waals surface area contributed by atoms with Gasteiger partial charge in [-0.05, 0) is 31.2 Å². The highest BCUT2D eigenvalue weighted by Crippen LogP contribution is 2.18. The molecule has 4 aromatic rings. The molecule has 26 heavy (non-hydrogen) atoms. The van der Waals surface area contributed by atoms with Gasteiger partial charge in [0.15, 0.2) is 11.4 Å². The van der Waals surface area contributed by atoms with E-state index in [2.05, 4.69) is 30.2 Å². The van der Waals surface area contributed by atoms with Crippen molar-refractivity contribution in [1.29, 1.82) is 0 Å². The summed E-state index contributed by atoms with van der Waals surface area (Å²) < 4.78 is 18.6. The van der Waals surface area contributed by atoms with Gasteiger partial charge in [0, 0.05) is 12.3 Å². The van der Waals surface area contributed by atoms with Crippen LogP contribution in [0, 0.1) is 12.7 Å².